The average Bonchev–Trinajstić information content (AvgIpc) is 2.69. The van der Waals surface area contributed by atoms with Crippen LogP contribution in [0.25, 0.3) is 0 Å². The van der Waals surface area contributed by atoms with Crippen LogP contribution < -0.4 is 5.32 Å². The molecule has 0 bridgehead atoms. The smallest absolute Gasteiger partial charge is 0.0900 e. The second-order valence-corrected chi connectivity index (χ2v) is 6.46. The number of likely N-dealkylation sites (tertiary alicyclic amines) is 1. The molecule has 18 heavy (non-hydrogen) atoms. The van der Waals surface area contributed by atoms with Crippen LogP contribution in [0, 0.1) is 13.8 Å². The lowest BCUT2D eigenvalue weighted by Crippen LogP contribution is -2.32. The summed E-state index contributed by atoms with van der Waals surface area (Å²) in [5.74, 6) is 0. The second-order valence-electron chi connectivity index (χ2n) is 5.17. The molecular weight excluding hydrogens is 242 g/mol. The van der Waals surface area contributed by atoms with Crippen LogP contribution in [0.2, 0.25) is 0 Å². The molecular formula is C14H25N3S. The van der Waals surface area contributed by atoms with Crippen molar-refractivity contribution in [3.63, 3.8) is 0 Å². The van der Waals surface area contributed by atoms with E-state index in [0.717, 1.165) is 13.1 Å². The summed E-state index contributed by atoms with van der Waals surface area (Å²) in [6.45, 7) is 10.2. The molecule has 0 unspecified atom stereocenters. The normalized spacial score (nSPS) is 17.2. The predicted molar refractivity (Wildman–Crippen MR) is 78.2 cm³/mol. The Kier molecular flexibility index (Phi) is 5.60. The Morgan fingerprint density at radius 2 is 2.00 bits per heavy atom. The molecule has 1 saturated heterocycles. The largest absolute Gasteiger partial charge is 0.312 e. The molecule has 1 aromatic heterocycles. The molecule has 0 spiro atoms. The van der Waals surface area contributed by atoms with Crippen molar-refractivity contribution >= 4 is 11.3 Å². The van der Waals surface area contributed by atoms with Crippen LogP contribution in [0.1, 0.15) is 41.3 Å². The van der Waals surface area contributed by atoms with E-state index >= 15 is 0 Å². The quantitative estimate of drug-likeness (QED) is 0.803. The van der Waals surface area contributed by atoms with Crippen molar-refractivity contribution in [2.75, 3.05) is 26.2 Å². The highest BCUT2D eigenvalue weighted by Crippen LogP contribution is 2.16. The van der Waals surface area contributed by atoms with E-state index < -0.39 is 0 Å². The molecule has 1 aromatic rings. The summed E-state index contributed by atoms with van der Waals surface area (Å²) in [6.07, 6.45) is 5.48. The number of nitrogens with zero attached hydrogens (tertiary/aromatic N) is 2. The minimum absolute atomic E-state index is 0.983. The minimum Gasteiger partial charge on any atom is -0.312 e. The molecule has 3 nitrogen and oxygen atoms in total. The fourth-order valence-electron chi connectivity index (χ4n) is 2.55. The van der Waals surface area contributed by atoms with Gasteiger partial charge in [0.15, 0.2) is 0 Å². The molecule has 1 N–H and O–H groups in total. The number of rotatable bonds is 6. The Morgan fingerprint density at radius 1 is 1.22 bits per heavy atom. The average molecular weight is 267 g/mol. The summed E-state index contributed by atoms with van der Waals surface area (Å²) in [5, 5.41) is 4.72. The number of hydrogen-bond donors (Lipinski definition) is 1. The summed E-state index contributed by atoms with van der Waals surface area (Å²) >= 11 is 1.82. The van der Waals surface area contributed by atoms with Crippen LogP contribution in [-0.4, -0.2) is 36.1 Å². The molecule has 0 aliphatic carbocycles. The molecule has 1 aliphatic rings. The van der Waals surface area contributed by atoms with Gasteiger partial charge in [0.25, 0.3) is 0 Å². The van der Waals surface area contributed by atoms with Gasteiger partial charge in [0.2, 0.25) is 0 Å². The van der Waals surface area contributed by atoms with Crippen molar-refractivity contribution in [3.05, 3.63) is 15.6 Å². The minimum atomic E-state index is 0.983. The molecule has 0 aromatic carbocycles. The molecule has 2 rings (SSSR count). The zero-order valence-corrected chi connectivity index (χ0v) is 12.5. The summed E-state index contributed by atoms with van der Waals surface area (Å²) in [7, 11) is 0. The van der Waals surface area contributed by atoms with Crippen LogP contribution in [0.3, 0.4) is 0 Å². The van der Waals surface area contributed by atoms with Crippen molar-refractivity contribution < 1.29 is 0 Å². The molecule has 4 heteroatoms. The fraction of sp³-hybridized carbons (Fsp3) is 0.786. The zero-order chi connectivity index (χ0) is 12.8. The van der Waals surface area contributed by atoms with Gasteiger partial charge in [-0.3, -0.25) is 0 Å². The van der Waals surface area contributed by atoms with Crippen molar-refractivity contribution in [2.45, 2.75) is 46.1 Å². The molecule has 2 heterocycles. The lowest BCUT2D eigenvalue weighted by atomic mass is 10.1. The maximum Gasteiger partial charge on any atom is 0.0900 e. The highest BCUT2D eigenvalue weighted by molar-refractivity contribution is 7.11. The molecule has 0 saturated carbocycles. The van der Waals surface area contributed by atoms with Gasteiger partial charge in [-0.05, 0) is 59.3 Å². The van der Waals surface area contributed by atoms with E-state index in [0.29, 0.717) is 0 Å². The van der Waals surface area contributed by atoms with Crippen molar-refractivity contribution in [1.82, 2.24) is 15.2 Å². The number of hydrogen-bond acceptors (Lipinski definition) is 4. The van der Waals surface area contributed by atoms with E-state index in [1.165, 1.54) is 60.9 Å². The first-order valence-electron chi connectivity index (χ1n) is 7.11. The standard InChI is InChI=1S/C14H25N3S/c1-12-14(18-13(2)16-12)11-15-7-6-10-17-8-4-3-5-9-17/h15H,3-11H2,1-2H3. The first-order chi connectivity index (χ1) is 8.75. The maximum atomic E-state index is 4.45. The Labute approximate surface area is 115 Å². The van der Waals surface area contributed by atoms with E-state index in [1.54, 1.807) is 0 Å². The third-order valence-electron chi connectivity index (χ3n) is 3.56. The number of piperidine rings is 1. The Hall–Kier alpha value is -0.450. The Bertz CT molecular complexity index is 356. The van der Waals surface area contributed by atoms with Crippen molar-refractivity contribution in [1.29, 1.82) is 0 Å². The van der Waals surface area contributed by atoms with Gasteiger partial charge in [-0.2, -0.15) is 0 Å². The lowest BCUT2D eigenvalue weighted by molar-refractivity contribution is 0.225. The van der Waals surface area contributed by atoms with E-state index in [4.69, 9.17) is 0 Å². The predicted octanol–water partition coefficient (Wildman–Crippen LogP) is 2.73. The second kappa shape index (κ2) is 7.22. The zero-order valence-electron chi connectivity index (χ0n) is 11.7. The fourth-order valence-corrected chi connectivity index (χ4v) is 3.46. The van der Waals surface area contributed by atoms with Crippen LogP contribution in [0.5, 0.6) is 0 Å². The van der Waals surface area contributed by atoms with Gasteiger partial charge in [0.05, 0.1) is 10.7 Å². The van der Waals surface area contributed by atoms with Gasteiger partial charge in [0.1, 0.15) is 0 Å². The summed E-state index contributed by atoms with van der Waals surface area (Å²) < 4.78 is 0. The molecule has 0 amide bonds. The summed E-state index contributed by atoms with van der Waals surface area (Å²) in [4.78, 5) is 8.45. The van der Waals surface area contributed by atoms with E-state index in [-0.39, 0.29) is 0 Å². The van der Waals surface area contributed by atoms with Gasteiger partial charge >= 0.3 is 0 Å². The molecule has 0 atom stereocenters. The first-order valence-corrected chi connectivity index (χ1v) is 7.93. The van der Waals surface area contributed by atoms with E-state index in [1.807, 2.05) is 11.3 Å². The number of aryl methyl sites for hydroxylation is 2. The Morgan fingerprint density at radius 3 is 2.67 bits per heavy atom. The Balaban J connectivity index is 1.57. The number of aromatic nitrogens is 1. The monoisotopic (exact) mass is 267 g/mol. The van der Waals surface area contributed by atoms with Crippen LogP contribution in [0.4, 0.5) is 0 Å². The highest BCUT2D eigenvalue weighted by atomic mass is 32.1. The van der Waals surface area contributed by atoms with Crippen molar-refractivity contribution in [2.24, 2.45) is 0 Å². The van der Waals surface area contributed by atoms with Crippen LogP contribution >= 0.6 is 11.3 Å². The van der Waals surface area contributed by atoms with Gasteiger partial charge in [-0.25, -0.2) is 4.98 Å². The first kappa shape index (κ1) is 14.0. The number of thiazole rings is 1. The van der Waals surface area contributed by atoms with Gasteiger partial charge in [-0.15, -0.1) is 11.3 Å². The summed E-state index contributed by atoms with van der Waals surface area (Å²) in [5.41, 5.74) is 1.20. The SMILES string of the molecule is Cc1nc(C)c(CNCCCN2CCCCC2)s1. The third kappa shape index (κ3) is 4.34. The molecule has 1 aliphatic heterocycles. The van der Waals surface area contributed by atoms with Gasteiger partial charge in [-0.1, -0.05) is 6.42 Å². The molecule has 1 fully saturated rings. The maximum absolute atomic E-state index is 4.45. The topological polar surface area (TPSA) is 28.2 Å². The lowest BCUT2D eigenvalue weighted by Gasteiger charge is -2.26. The summed E-state index contributed by atoms with van der Waals surface area (Å²) in [6, 6.07) is 0. The van der Waals surface area contributed by atoms with Crippen LogP contribution in [0.15, 0.2) is 0 Å². The van der Waals surface area contributed by atoms with Crippen LogP contribution in [-0.2, 0) is 6.54 Å². The molecule has 0 radical (unpaired) electrons. The number of nitrogens with one attached hydrogen (secondary N) is 1. The van der Waals surface area contributed by atoms with E-state index in [9.17, 15) is 0 Å². The van der Waals surface area contributed by atoms with Gasteiger partial charge < -0.3 is 10.2 Å². The van der Waals surface area contributed by atoms with E-state index in [2.05, 4.69) is 29.0 Å². The van der Waals surface area contributed by atoms with Crippen molar-refractivity contribution in [3.8, 4) is 0 Å². The highest BCUT2D eigenvalue weighted by Gasteiger charge is 2.09. The molecule has 102 valence electrons. The van der Waals surface area contributed by atoms with Gasteiger partial charge in [0, 0.05) is 11.4 Å². The third-order valence-corrected chi connectivity index (χ3v) is 4.63.